The van der Waals surface area contributed by atoms with Crippen molar-refractivity contribution in [2.45, 2.75) is 6.18 Å². The molecular weight excluding hydrogens is 215 g/mol. The van der Waals surface area contributed by atoms with Crippen molar-refractivity contribution in [3.63, 3.8) is 0 Å². The minimum absolute atomic E-state index is 0.381. The van der Waals surface area contributed by atoms with Crippen LogP contribution in [-0.2, 0) is 6.18 Å². The Bertz CT molecular complexity index is 579. The largest absolute Gasteiger partial charge is 0.416 e. The molecule has 0 N–H and O–H groups in total. The van der Waals surface area contributed by atoms with E-state index in [0.717, 1.165) is 12.1 Å². The molecule has 0 heterocycles. The van der Waals surface area contributed by atoms with Crippen LogP contribution in [0.25, 0.3) is 10.8 Å². The van der Waals surface area contributed by atoms with Crippen molar-refractivity contribution in [3.05, 3.63) is 47.5 Å². The van der Waals surface area contributed by atoms with Gasteiger partial charge in [-0.2, -0.15) is 18.4 Å². The van der Waals surface area contributed by atoms with Gasteiger partial charge in [-0.25, -0.2) is 0 Å². The second-order valence-electron chi connectivity index (χ2n) is 3.35. The smallest absolute Gasteiger partial charge is 0.192 e. The molecule has 0 bridgehead atoms. The highest BCUT2D eigenvalue weighted by Gasteiger charge is 2.30. The molecule has 2 rings (SSSR count). The van der Waals surface area contributed by atoms with E-state index in [0.29, 0.717) is 16.3 Å². The molecule has 0 aromatic heterocycles. The summed E-state index contributed by atoms with van der Waals surface area (Å²) in [5.41, 5.74) is -0.318. The molecule has 1 nitrogen and oxygen atoms in total. The quantitative estimate of drug-likeness (QED) is 0.664. The average molecular weight is 221 g/mol. The predicted octanol–water partition coefficient (Wildman–Crippen LogP) is 3.73. The van der Waals surface area contributed by atoms with Crippen molar-refractivity contribution in [1.29, 1.82) is 5.26 Å². The van der Waals surface area contributed by atoms with Crippen molar-refractivity contribution < 1.29 is 13.2 Å². The highest BCUT2D eigenvalue weighted by atomic mass is 19.4. The van der Waals surface area contributed by atoms with E-state index in [9.17, 15) is 13.2 Å². The highest BCUT2D eigenvalue weighted by Crippen LogP contribution is 2.31. The van der Waals surface area contributed by atoms with Crippen LogP contribution in [0.15, 0.2) is 36.4 Å². The lowest BCUT2D eigenvalue weighted by Crippen LogP contribution is -2.04. The van der Waals surface area contributed by atoms with Crippen LogP contribution in [-0.4, -0.2) is 0 Å². The molecule has 0 saturated heterocycles. The van der Waals surface area contributed by atoms with Gasteiger partial charge >= 0.3 is 6.18 Å². The maximum atomic E-state index is 12.4. The topological polar surface area (TPSA) is 23.8 Å². The Balaban J connectivity index is 2.71. The Morgan fingerprint density at radius 3 is 2.44 bits per heavy atom. The minimum Gasteiger partial charge on any atom is -0.192 e. The van der Waals surface area contributed by atoms with Crippen LogP contribution in [0.1, 0.15) is 11.1 Å². The first kappa shape index (κ1) is 10.5. The van der Waals surface area contributed by atoms with Crippen molar-refractivity contribution in [1.82, 2.24) is 0 Å². The van der Waals surface area contributed by atoms with Crippen molar-refractivity contribution in [3.8, 4) is 6.07 Å². The zero-order valence-corrected chi connectivity index (χ0v) is 8.05. The fourth-order valence-corrected chi connectivity index (χ4v) is 1.56. The van der Waals surface area contributed by atoms with Gasteiger partial charge in [0.1, 0.15) is 0 Å². The Hall–Kier alpha value is -2.02. The van der Waals surface area contributed by atoms with Crippen molar-refractivity contribution >= 4 is 10.8 Å². The van der Waals surface area contributed by atoms with Crippen LogP contribution >= 0.6 is 0 Å². The first-order valence-electron chi connectivity index (χ1n) is 4.52. The maximum Gasteiger partial charge on any atom is 0.416 e. The van der Waals surface area contributed by atoms with Gasteiger partial charge in [0.2, 0.25) is 0 Å². The van der Waals surface area contributed by atoms with Gasteiger partial charge in [-0.3, -0.25) is 0 Å². The summed E-state index contributed by atoms with van der Waals surface area (Å²) in [6.45, 7) is 0. The van der Waals surface area contributed by atoms with E-state index in [1.807, 2.05) is 6.07 Å². The third-order valence-electron chi connectivity index (χ3n) is 2.33. The van der Waals surface area contributed by atoms with Gasteiger partial charge in [-0.1, -0.05) is 18.2 Å². The number of alkyl halides is 3. The zero-order valence-electron chi connectivity index (χ0n) is 8.05. The molecule has 2 aromatic rings. The van der Waals surface area contributed by atoms with E-state index in [1.54, 1.807) is 18.2 Å². The highest BCUT2D eigenvalue weighted by molar-refractivity contribution is 5.88. The molecule has 4 heteroatoms. The third-order valence-corrected chi connectivity index (χ3v) is 2.33. The fraction of sp³-hybridized carbons (Fsp3) is 0.0833. The molecular formula is C12H6F3N. The number of benzene rings is 2. The number of hydrogen-bond donors (Lipinski definition) is 0. The summed E-state index contributed by atoms with van der Waals surface area (Å²) in [7, 11) is 0. The first-order chi connectivity index (χ1) is 7.52. The Labute approximate surface area is 89.7 Å². The summed E-state index contributed by atoms with van der Waals surface area (Å²) in [4.78, 5) is 0. The van der Waals surface area contributed by atoms with Crippen LogP contribution in [0, 0.1) is 11.3 Å². The fourth-order valence-electron chi connectivity index (χ4n) is 1.56. The van der Waals surface area contributed by atoms with Gasteiger partial charge in [0.25, 0.3) is 0 Å². The molecule has 0 unspecified atom stereocenters. The normalized spacial score (nSPS) is 11.4. The van der Waals surface area contributed by atoms with E-state index < -0.39 is 11.7 Å². The Kier molecular flexibility index (Phi) is 2.31. The molecule has 0 aliphatic heterocycles. The van der Waals surface area contributed by atoms with Gasteiger partial charge in [-0.15, -0.1) is 0 Å². The molecule has 2 aromatic carbocycles. The number of hydrogen-bond acceptors (Lipinski definition) is 1. The molecule has 0 atom stereocenters. The molecule has 0 radical (unpaired) electrons. The number of nitriles is 1. The Morgan fingerprint density at radius 2 is 1.81 bits per heavy atom. The molecule has 80 valence electrons. The zero-order chi connectivity index (χ0) is 11.8. The summed E-state index contributed by atoms with van der Waals surface area (Å²) in [5.74, 6) is 0. The van der Waals surface area contributed by atoms with Gasteiger partial charge in [0.15, 0.2) is 0 Å². The third kappa shape index (κ3) is 1.72. The van der Waals surface area contributed by atoms with Gasteiger partial charge < -0.3 is 0 Å². The molecule has 16 heavy (non-hydrogen) atoms. The second kappa shape index (κ2) is 3.53. The average Bonchev–Trinajstić information content (AvgIpc) is 2.26. The van der Waals surface area contributed by atoms with Gasteiger partial charge in [0.05, 0.1) is 17.2 Å². The molecule has 0 fully saturated rings. The van der Waals surface area contributed by atoms with Gasteiger partial charge in [0, 0.05) is 0 Å². The van der Waals surface area contributed by atoms with Gasteiger partial charge in [-0.05, 0) is 29.0 Å². The second-order valence-corrected chi connectivity index (χ2v) is 3.35. The lowest BCUT2D eigenvalue weighted by molar-refractivity contribution is -0.137. The van der Waals surface area contributed by atoms with Crippen molar-refractivity contribution in [2.75, 3.05) is 0 Å². The number of halogens is 3. The Morgan fingerprint density at radius 1 is 1.06 bits per heavy atom. The van der Waals surface area contributed by atoms with E-state index in [1.165, 1.54) is 6.07 Å². The first-order valence-corrected chi connectivity index (χ1v) is 4.52. The van der Waals surface area contributed by atoms with Crippen LogP contribution in [0.2, 0.25) is 0 Å². The molecule has 0 aliphatic rings. The van der Waals surface area contributed by atoms with Crippen LogP contribution in [0.3, 0.4) is 0 Å². The lowest BCUT2D eigenvalue weighted by Gasteiger charge is -2.08. The monoisotopic (exact) mass is 221 g/mol. The number of nitrogens with zero attached hydrogens (tertiary/aromatic N) is 1. The van der Waals surface area contributed by atoms with Crippen LogP contribution in [0.4, 0.5) is 13.2 Å². The summed E-state index contributed by atoms with van der Waals surface area (Å²) >= 11 is 0. The number of rotatable bonds is 0. The molecule has 0 saturated carbocycles. The minimum atomic E-state index is -4.35. The van der Waals surface area contributed by atoms with E-state index in [4.69, 9.17) is 5.26 Å². The summed E-state index contributed by atoms with van der Waals surface area (Å²) in [6, 6.07) is 10.0. The maximum absolute atomic E-state index is 12.4. The van der Waals surface area contributed by atoms with Crippen LogP contribution < -0.4 is 0 Å². The lowest BCUT2D eigenvalue weighted by atomic mass is 10.0. The summed E-state index contributed by atoms with van der Waals surface area (Å²) in [5, 5.41) is 9.76. The molecule has 0 amide bonds. The van der Waals surface area contributed by atoms with Crippen molar-refractivity contribution in [2.24, 2.45) is 0 Å². The van der Waals surface area contributed by atoms with E-state index in [-0.39, 0.29) is 0 Å². The van der Waals surface area contributed by atoms with E-state index in [2.05, 4.69) is 0 Å². The summed E-state index contributed by atoms with van der Waals surface area (Å²) in [6.07, 6.45) is -4.35. The van der Waals surface area contributed by atoms with Crippen LogP contribution in [0.5, 0.6) is 0 Å². The summed E-state index contributed by atoms with van der Waals surface area (Å²) < 4.78 is 37.3. The SMILES string of the molecule is N#Cc1cccc2cc(C(F)(F)F)ccc12. The number of fused-ring (bicyclic) bond motifs is 1. The molecule has 0 spiro atoms. The standard InChI is InChI=1S/C12H6F3N/c13-12(14,15)10-4-5-11-8(6-10)2-1-3-9(11)7-16/h1-6H. The predicted molar refractivity (Wildman–Crippen MR) is 53.7 cm³/mol. The van der Waals surface area contributed by atoms with E-state index >= 15 is 0 Å². The molecule has 0 aliphatic carbocycles.